The van der Waals surface area contributed by atoms with Gasteiger partial charge in [0.2, 0.25) is 0 Å². The third-order valence-corrected chi connectivity index (χ3v) is 6.05. The lowest BCUT2D eigenvalue weighted by Gasteiger charge is -2.28. The van der Waals surface area contributed by atoms with Crippen molar-refractivity contribution >= 4 is 20.0 Å². The summed E-state index contributed by atoms with van der Waals surface area (Å²) in [6.45, 7) is -3.98. The van der Waals surface area contributed by atoms with Crippen molar-refractivity contribution in [2.75, 3.05) is 6.56 Å². The highest BCUT2D eigenvalue weighted by Crippen LogP contribution is 2.55. The van der Waals surface area contributed by atoms with Gasteiger partial charge in [-0.25, -0.2) is 13.8 Å². The van der Waals surface area contributed by atoms with Crippen molar-refractivity contribution in [1.82, 2.24) is 9.55 Å². The number of halogens is 1. The number of aliphatic hydroxyl groups excluding tert-OH is 2. The molecule has 0 radical (unpaired) electrons. The van der Waals surface area contributed by atoms with Gasteiger partial charge in [-0.2, -0.15) is 0 Å². The number of phosphoric acid groups is 1. The van der Waals surface area contributed by atoms with Crippen LogP contribution in [0, 0.1) is 17.0 Å². The van der Waals surface area contributed by atoms with Crippen molar-refractivity contribution < 1.29 is 40.2 Å². The molecule has 13 heteroatoms. The number of aromatic nitrogens is 2. The second kappa shape index (κ2) is 7.96. The van der Waals surface area contributed by atoms with Crippen LogP contribution < -0.4 is 10.2 Å². The van der Waals surface area contributed by atoms with Crippen LogP contribution in [0.4, 0.5) is 4.39 Å². The minimum absolute atomic E-state index is 0.0161. The number of aromatic amines is 1. The van der Waals surface area contributed by atoms with Crippen molar-refractivity contribution in [1.29, 1.82) is 0 Å². The topological polar surface area (TPSA) is 132 Å². The van der Waals surface area contributed by atoms with E-state index in [2.05, 4.69) is 10.9 Å². The number of hydrogen-bond donors (Lipinski definition) is 3. The first-order chi connectivity index (χ1) is 15.4. The largest absolute Gasteiger partial charge is 0.530 e. The Kier molecular flexibility index (Phi) is 4.96. The molecule has 3 heterocycles. The second-order valence-corrected chi connectivity index (χ2v) is 8.48. The number of benzene rings is 1. The highest BCUT2D eigenvalue weighted by molar-refractivity contribution is 7.71. The summed E-state index contributed by atoms with van der Waals surface area (Å²) in [5.41, 5.74) is -0.511. The number of ether oxygens (including phenoxy) is 1. The molecule has 3 N–H and O–H groups in total. The average molecular weight is 472 g/mol. The van der Waals surface area contributed by atoms with E-state index >= 15 is 4.39 Å². The van der Waals surface area contributed by atoms with Gasteiger partial charge in [0.25, 0.3) is 5.85 Å². The Morgan fingerprint density at radius 2 is 2.26 bits per heavy atom. The molecule has 4 rings (SSSR count). The molecule has 2 aliphatic rings. The van der Waals surface area contributed by atoms with E-state index in [9.17, 15) is 19.6 Å². The Labute approximate surface area is 182 Å². The molecule has 1 saturated heterocycles. The highest BCUT2D eigenvalue weighted by atomic mass is 32.1. The number of para-hydroxylation sites is 1. The number of nitrogens with zero attached hydrogens (tertiary/aromatic N) is 1. The molecule has 1 fully saturated rings. The fourth-order valence-corrected chi connectivity index (χ4v) is 4.24. The standard InChI is InChI=1S/C18H16FN2O8PS/c1-2-10-7-21(17(24)20-15(10)31)16-13(22)14(23)18(19,28-16)9-27-30(25)26-8-11-5-3-4-6-12(11)29-30/h1,3-7,13-14,16,22-23H,8-9H2,(H,20,24,31)/t13-,14+,16-,18-,30?/m1/s1/i9D2. The molecule has 10 nitrogen and oxygen atoms in total. The smallest absolute Gasteiger partial charge is 0.404 e. The molecule has 0 amide bonds. The van der Waals surface area contributed by atoms with Gasteiger partial charge in [-0.1, -0.05) is 36.3 Å². The molecule has 2 aromatic rings. The van der Waals surface area contributed by atoms with Gasteiger partial charge in [-0.15, -0.1) is 6.42 Å². The summed E-state index contributed by atoms with van der Waals surface area (Å²) in [6, 6.07) is 6.23. The summed E-state index contributed by atoms with van der Waals surface area (Å²) in [4.78, 5) is 14.5. The van der Waals surface area contributed by atoms with E-state index in [1.165, 1.54) is 6.07 Å². The van der Waals surface area contributed by atoms with Gasteiger partial charge in [-0.3, -0.25) is 18.6 Å². The number of alkyl halides is 1. The van der Waals surface area contributed by atoms with Gasteiger partial charge in [0.15, 0.2) is 6.23 Å². The molecule has 1 unspecified atom stereocenters. The third-order valence-electron chi connectivity index (χ3n) is 4.54. The number of aliphatic hydroxyl groups is 2. The van der Waals surface area contributed by atoms with E-state index in [0.717, 1.165) is 6.20 Å². The van der Waals surface area contributed by atoms with Crippen LogP contribution in [0.3, 0.4) is 0 Å². The summed E-state index contributed by atoms with van der Waals surface area (Å²) in [5.74, 6) is -1.58. The zero-order valence-corrected chi connectivity index (χ0v) is 17.1. The maximum Gasteiger partial charge on any atom is 0.530 e. The van der Waals surface area contributed by atoms with Gasteiger partial charge in [0, 0.05) is 11.8 Å². The van der Waals surface area contributed by atoms with Gasteiger partial charge in [0.05, 0.1) is 14.9 Å². The van der Waals surface area contributed by atoms with Crippen molar-refractivity contribution in [3.05, 3.63) is 56.7 Å². The summed E-state index contributed by atoms with van der Waals surface area (Å²) in [5, 5.41) is 20.6. The predicted octanol–water partition coefficient (Wildman–Crippen LogP) is 1.54. The van der Waals surface area contributed by atoms with Crippen molar-refractivity contribution in [3.8, 4) is 18.1 Å². The molecule has 0 bridgehead atoms. The Morgan fingerprint density at radius 1 is 1.52 bits per heavy atom. The van der Waals surface area contributed by atoms with Gasteiger partial charge in [-0.05, 0) is 6.07 Å². The van der Waals surface area contributed by atoms with Crippen LogP contribution in [0.1, 0.15) is 20.1 Å². The third kappa shape index (κ3) is 3.97. The lowest BCUT2D eigenvalue weighted by atomic mass is 10.1. The number of H-pyrrole nitrogens is 1. The molecule has 0 saturated carbocycles. The number of phosphoric ester groups is 1. The van der Waals surface area contributed by atoms with Crippen LogP contribution in [0.15, 0.2) is 35.3 Å². The summed E-state index contributed by atoms with van der Waals surface area (Å²) >= 11 is 4.88. The Bertz CT molecular complexity index is 1310. The van der Waals surface area contributed by atoms with E-state index in [1.54, 1.807) is 18.2 Å². The number of fused-ring (bicyclic) bond motifs is 1. The number of rotatable bonds is 4. The summed E-state index contributed by atoms with van der Waals surface area (Å²) in [7, 11) is -4.73. The normalized spacial score (nSPS) is 33.5. The SMILES string of the molecule is [2H]C([2H])(OP1(=O)OCc2ccccc2O1)[C@@]1(F)O[C@@H](n2cc(C#C)c(=S)[nH]c2=O)[C@H](O)[C@@H]1O. The van der Waals surface area contributed by atoms with Crippen molar-refractivity contribution in [3.63, 3.8) is 0 Å². The molecule has 0 aliphatic carbocycles. The van der Waals surface area contributed by atoms with Gasteiger partial charge >= 0.3 is 13.5 Å². The average Bonchev–Trinajstić information content (AvgIpc) is 2.98. The highest BCUT2D eigenvalue weighted by Gasteiger charge is 2.57. The minimum Gasteiger partial charge on any atom is -0.404 e. The Balaban J connectivity index is 1.65. The van der Waals surface area contributed by atoms with Gasteiger partial charge in [0.1, 0.15) is 29.2 Å². The molecule has 1 aromatic carbocycles. The molecule has 164 valence electrons. The van der Waals surface area contributed by atoms with Crippen LogP contribution in [0.5, 0.6) is 5.75 Å². The number of nitrogens with one attached hydrogen (secondary N) is 1. The summed E-state index contributed by atoms with van der Waals surface area (Å²) < 4.78 is 64.8. The molecule has 31 heavy (non-hydrogen) atoms. The zero-order valence-electron chi connectivity index (χ0n) is 17.4. The maximum atomic E-state index is 15.7. The lowest BCUT2D eigenvalue weighted by molar-refractivity contribution is -0.205. The van der Waals surface area contributed by atoms with E-state index in [4.69, 9.17) is 39.7 Å². The molecule has 1 aromatic heterocycles. The van der Waals surface area contributed by atoms with Crippen LogP contribution in [-0.2, 0) is 25.0 Å². The van der Waals surface area contributed by atoms with Crippen LogP contribution in [-0.4, -0.2) is 44.4 Å². The number of hydrogen-bond acceptors (Lipinski definition) is 9. The monoisotopic (exact) mass is 472 g/mol. The first kappa shape index (κ1) is 19.3. The van der Waals surface area contributed by atoms with Crippen LogP contribution in [0.25, 0.3) is 0 Å². The lowest BCUT2D eigenvalue weighted by Crippen LogP contribution is -2.43. The molecule has 2 aliphatic heterocycles. The van der Waals surface area contributed by atoms with Crippen LogP contribution in [0.2, 0.25) is 0 Å². The molecular weight excluding hydrogens is 454 g/mol. The van der Waals surface area contributed by atoms with Crippen LogP contribution >= 0.6 is 20.0 Å². The zero-order chi connectivity index (χ0) is 24.2. The van der Waals surface area contributed by atoms with Crippen molar-refractivity contribution in [2.24, 2.45) is 0 Å². The minimum atomic E-state index is -4.73. The number of terminal acetylenes is 1. The molecule has 0 spiro atoms. The van der Waals surface area contributed by atoms with Crippen molar-refractivity contribution in [2.45, 2.75) is 30.9 Å². The van der Waals surface area contributed by atoms with E-state index in [0.29, 0.717) is 10.1 Å². The van der Waals surface area contributed by atoms with E-state index in [1.807, 2.05) is 0 Å². The fourth-order valence-electron chi connectivity index (χ4n) is 2.94. The molecule has 5 atom stereocenters. The fraction of sp³-hybridized carbons (Fsp3) is 0.333. The quantitative estimate of drug-likeness (QED) is 0.344. The summed E-state index contributed by atoms with van der Waals surface area (Å²) in [6.07, 6.45) is -0.460. The maximum absolute atomic E-state index is 15.7. The van der Waals surface area contributed by atoms with Gasteiger partial charge < -0.3 is 19.5 Å². The Hall–Kier alpha value is -2.36. The second-order valence-electron chi connectivity index (χ2n) is 6.56. The first-order valence-electron chi connectivity index (χ1n) is 9.68. The van der Waals surface area contributed by atoms with E-state index < -0.39 is 44.4 Å². The van der Waals surface area contributed by atoms with E-state index in [-0.39, 0.29) is 22.6 Å². The predicted molar refractivity (Wildman–Crippen MR) is 105 cm³/mol. The molecular formula is C18H16FN2O8PS. The Morgan fingerprint density at radius 3 is 3.00 bits per heavy atom. The first-order valence-corrected chi connectivity index (χ1v) is 10.6.